The summed E-state index contributed by atoms with van der Waals surface area (Å²) in [6.45, 7) is 1.17. The summed E-state index contributed by atoms with van der Waals surface area (Å²) in [4.78, 5) is 42.2. The number of carboxylic acids is 2. The maximum atomic E-state index is 11.0. The van der Waals surface area contributed by atoms with Crippen molar-refractivity contribution in [2.24, 2.45) is 0 Å². The van der Waals surface area contributed by atoms with Crippen LogP contribution >= 0.6 is 0 Å². The van der Waals surface area contributed by atoms with Crippen LogP contribution in [-0.4, -0.2) is 39.9 Å². The Kier molecular flexibility index (Phi) is 5.00. The molecule has 1 amide bonds. The molecular formula is C8H11NO6. The second-order valence-corrected chi connectivity index (χ2v) is 2.93. The van der Waals surface area contributed by atoms with Gasteiger partial charge in [-0.15, -0.1) is 0 Å². The van der Waals surface area contributed by atoms with E-state index in [1.165, 1.54) is 6.92 Å². The maximum absolute atomic E-state index is 11.0. The van der Waals surface area contributed by atoms with Crippen molar-refractivity contribution in [3.05, 3.63) is 0 Å². The first-order valence-electron chi connectivity index (χ1n) is 4.06. The van der Waals surface area contributed by atoms with E-state index in [0.29, 0.717) is 0 Å². The second kappa shape index (κ2) is 5.74. The van der Waals surface area contributed by atoms with Crippen LogP contribution in [0.15, 0.2) is 0 Å². The van der Waals surface area contributed by atoms with Crippen molar-refractivity contribution in [3.63, 3.8) is 0 Å². The fourth-order valence-electron chi connectivity index (χ4n) is 0.846. The summed E-state index contributed by atoms with van der Waals surface area (Å²) in [5.41, 5.74) is 0. The van der Waals surface area contributed by atoms with E-state index in [-0.39, 0.29) is 0 Å². The van der Waals surface area contributed by atoms with Gasteiger partial charge in [-0.3, -0.25) is 14.4 Å². The summed E-state index contributed by atoms with van der Waals surface area (Å²) < 4.78 is 0. The second-order valence-electron chi connectivity index (χ2n) is 2.93. The Morgan fingerprint density at radius 1 is 1.20 bits per heavy atom. The molecule has 0 rings (SSSR count). The molecule has 0 aliphatic heterocycles. The fourth-order valence-corrected chi connectivity index (χ4v) is 0.846. The Labute approximate surface area is 85.1 Å². The Bertz CT molecular complexity index is 298. The molecule has 0 aromatic heterocycles. The summed E-state index contributed by atoms with van der Waals surface area (Å²) >= 11 is 0. The first-order valence-corrected chi connectivity index (χ1v) is 4.06. The minimum atomic E-state index is -1.51. The molecule has 0 saturated heterocycles. The number of carbonyl (C=O) groups excluding carboxylic acids is 2. The van der Waals surface area contributed by atoms with Crippen LogP contribution in [0.2, 0.25) is 0 Å². The number of carbonyl (C=O) groups is 4. The Morgan fingerprint density at radius 2 is 1.73 bits per heavy atom. The van der Waals surface area contributed by atoms with Crippen LogP contribution in [0, 0.1) is 0 Å². The highest BCUT2D eigenvalue weighted by molar-refractivity contribution is 5.98. The van der Waals surface area contributed by atoms with Crippen LogP contribution < -0.4 is 5.32 Å². The van der Waals surface area contributed by atoms with Crippen molar-refractivity contribution in [2.75, 3.05) is 0 Å². The summed E-state index contributed by atoms with van der Waals surface area (Å²) in [6.07, 6.45) is -1.18. The third kappa shape index (κ3) is 6.19. The summed E-state index contributed by atoms with van der Waals surface area (Å²) in [6, 6.07) is -1.51. The lowest BCUT2D eigenvalue weighted by molar-refractivity contribution is -0.147. The van der Waals surface area contributed by atoms with Gasteiger partial charge in [0.15, 0.2) is 0 Å². The predicted molar refractivity (Wildman–Crippen MR) is 47.1 cm³/mol. The average molecular weight is 217 g/mol. The molecule has 84 valence electrons. The topological polar surface area (TPSA) is 121 Å². The van der Waals surface area contributed by atoms with E-state index >= 15 is 0 Å². The van der Waals surface area contributed by atoms with Crippen molar-refractivity contribution in [3.8, 4) is 0 Å². The molecule has 0 fully saturated rings. The summed E-state index contributed by atoms with van der Waals surface area (Å²) in [5.74, 6) is -4.01. The molecule has 0 spiro atoms. The van der Waals surface area contributed by atoms with Crippen molar-refractivity contribution in [1.29, 1.82) is 0 Å². The Morgan fingerprint density at radius 3 is 2.07 bits per heavy atom. The number of hydrogen-bond donors (Lipinski definition) is 3. The number of carboxylic acid groups (broad SMARTS) is 2. The number of ketones is 1. The fraction of sp³-hybridized carbons (Fsp3) is 0.500. The third-order valence-electron chi connectivity index (χ3n) is 1.42. The summed E-state index contributed by atoms with van der Waals surface area (Å²) in [7, 11) is 0. The SMILES string of the molecule is CC(=O)CC(=O)N[C@H](CC(=O)O)C(=O)O. The highest BCUT2D eigenvalue weighted by atomic mass is 16.4. The molecule has 7 heteroatoms. The predicted octanol–water partition coefficient (Wildman–Crippen LogP) is -0.990. The first kappa shape index (κ1) is 13.1. The van der Waals surface area contributed by atoms with Gasteiger partial charge in [0.05, 0.1) is 12.8 Å². The highest BCUT2D eigenvalue weighted by Crippen LogP contribution is 1.94. The molecule has 3 N–H and O–H groups in total. The van der Waals surface area contributed by atoms with Crippen molar-refractivity contribution < 1.29 is 29.4 Å². The van der Waals surface area contributed by atoms with Crippen molar-refractivity contribution >= 4 is 23.6 Å². The van der Waals surface area contributed by atoms with E-state index in [2.05, 4.69) is 0 Å². The van der Waals surface area contributed by atoms with Gasteiger partial charge in [0.2, 0.25) is 5.91 Å². The normalized spacial score (nSPS) is 11.5. The molecule has 0 unspecified atom stereocenters. The van der Waals surface area contributed by atoms with Crippen molar-refractivity contribution in [2.45, 2.75) is 25.8 Å². The molecule has 0 aliphatic rings. The molecule has 0 radical (unpaired) electrons. The summed E-state index contributed by atoms with van der Waals surface area (Å²) in [5, 5.41) is 18.8. The third-order valence-corrected chi connectivity index (χ3v) is 1.42. The van der Waals surface area contributed by atoms with Crippen LogP contribution in [0.4, 0.5) is 0 Å². The lowest BCUT2D eigenvalue weighted by Gasteiger charge is -2.11. The van der Waals surface area contributed by atoms with Gasteiger partial charge in [-0.2, -0.15) is 0 Å². The molecule has 7 nitrogen and oxygen atoms in total. The number of aliphatic carboxylic acids is 2. The van der Waals surface area contributed by atoms with Gasteiger partial charge >= 0.3 is 11.9 Å². The van der Waals surface area contributed by atoms with Crippen LogP contribution in [0.3, 0.4) is 0 Å². The van der Waals surface area contributed by atoms with Gasteiger partial charge in [-0.1, -0.05) is 0 Å². The number of nitrogens with one attached hydrogen (secondary N) is 1. The van der Waals surface area contributed by atoms with Gasteiger partial charge in [0.1, 0.15) is 11.8 Å². The van der Waals surface area contributed by atoms with Crippen molar-refractivity contribution in [1.82, 2.24) is 5.32 Å². The van der Waals surface area contributed by atoms with Crippen LogP contribution in [-0.2, 0) is 19.2 Å². The molecule has 15 heavy (non-hydrogen) atoms. The quantitative estimate of drug-likeness (QED) is 0.491. The minimum absolute atomic E-state index is 0.424. The van der Waals surface area contributed by atoms with Crippen LogP contribution in [0.1, 0.15) is 19.8 Å². The molecule has 0 aromatic carbocycles. The molecule has 0 bridgehead atoms. The van der Waals surface area contributed by atoms with E-state index in [9.17, 15) is 19.2 Å². The van der Waals surface area contributed by atoms with Crippen LogP contribution in [0.25, 0.3) is 0 Å². The number of amides is 1. The smallest absolute Gasteiger partial charge is 0.326 e. The molecule has 0 aliphatic carbocycles. The number of hydrogen-bond acceptors (Lipinski definition) is 4. The highest BCUT2D eigenvalue weighted by Gasteiger charge is 2.23. The maximum Gasteiger partial charge on any atom is 0.326 e. The van der Waals surface area contributed by atoms with E-state index in [1.54, 1.807) is 0 Å². The molecule has 0 heterocycles. The molecule has 0 aromatic rings. The van der Waals surface area contributed by atoms with E-state index in [1.807, 2.05) is 5.32 Å². The van der Waals surface area contributed by atoms with Gasteiger partial charge < -0.3 is 15.5 Å². The average Bonchev–Trinajstić information content (AvgIpc) is 1.99. The van der Waals surface area contributed by atoms with Crippen LogP contribution in [0.5, 0.6) is 0 Å². The zero-order chi connectivity index (χ0) is 12.0. The monoisotopic (exact) mass is 217 g/mol. The van der Waals surface area contributed by atoms with Gasteiger partial charge in [-0.25, -0.2) is 4.79 Å². The molecule has 1 atom stereocenters. The Hall–Kier alpha value is -1.92. The number of Topliss-reactive ketones (excluding diaryl/α,β-unsaturated/α-hetero) is 1. The first-order chi connectivity index (χ1) is 6.82. The zero-order valence-corrected chi connectivity index (χ0v) is 8.02. The minimum Gasteiger partial charge on any atom is -0.481 e. The lowest BCUT2D eigenvalue weighted by atomic mass is 10.2. The number of rotatable bonds is 6. The molecule has 0 saturated carbocycles. The van der Waals surface area contributed by atoms with Gasteiger partial charge in [0, 0.05) is 0 Å². The lowest BCUT2D eigenvalue weighted by Crippen LogP contribution is -2.42. The van der Waals surface area contributed by atoms with Gasteiger partial charge in [0.25, 0.3) is 0 Å². The largest absolute Gasteiger partial charge is 0.481 e. The van der Waals surface area contributed by atoms with E-state index in [0.717, 1.165) is 0 Å². The standard InChI is InChI=1S/C8H11NO6/c1-4(10)2-6(11)9-5(8(14)15)3-7(12)13/h5H,2-3H2,1H3,(H,9,11)(H,12,13)(H,14,15)/t5-/m1/s1. The van der Waals surface area contributed by atoms with Gasteiger partial charge in [-0.05, 0) is 6.92 Å². The Balaban J connectivity index is 4.28. The van der Waals surface area contributed by atoms with E-state index < -0.39 is 42.5 Å². The zero-order valence-electron chi connectivity index (χ0n) is 8.02. The molecular weight excluding hydrogens is 206 g/mol. The van der Waals surface area contributed by atoms with E-state index in [4.69, 9.17) is 10.2 Å².